The van der Waals surface area contributed by atoms with Crippen LogP contribution in [0.25, 0.3) is 0 Å². The van der Waals surface area contributed by atoms with Crippen molar-refractivity contribution in [1.82, 2.24) is 5.43 Å². The van der Waals surface area contributed by atoms with Crippen LogP contribution in [0.4, 0.5) is 0 Å². The van der Waals surface area contributed by atoms with E-state index in [2.05, 4.69) is 10.5 Å². The van der Waals surface area contributed by atoms with Gasteiger partial charge < -0.3 is 4.42 Å². The van der Waals surface area contributed by atoms with E-state index in [-0.39, 0.29) is 5.91 Å². The Labute approximate surface area is 116 Å². The minimum Gasteiger partial charge on any atom is -0.460 e. The molecular weight excluding hydrogens is 260 g/mol. The molecule has 0 saturated heterocycles. The number of hydrogen-bond donors (Lipinski definition) is 1. The SMILES string of the molecule is CCc1c(C(=O)N/N=C\c2ccc(C)o2)csc1C. The Morgan fingerprint density at radius 3 is 2.89 bits per heavy atom. The number of nitrogens with zero attached hydrogens (tertiary/aromatic N) is 1. The Balaban J connectivity index is 2.03. The zero-order valence-electron chi connectivity index (χ0n) is 11.2. The fraction of sp³-hybridized carbons (Fsp3) is 0.286. The van der Waals surface area contributed by atoms with Gasteiger partial charge in [-0.3, -0.25) is 4.79 Å². The Morgan fingerprint density at radius 1 is 1.47 bits per heavy atom. The summed E-state index contributed by atoms with van der Waals surface area (Å²) in [5.41, 5.74) is 4.32. The van der Waals surface area contributed by atoms with Gasteiger partial charge in [-0.15, -0.1) is 11.3 Å². The summed E-state index contributed by atoms with van der Waals surface area (Å²) in [6, 6.07) is 3.65. The molecule has 0 spiro atoms. The molecule has 2 rings (SSSR count). The molecule has 2 aromatic rings. The monoisotopic (exact) mass is 276 g/mol. The molecule has 4 nitrogen and oxygen atoms in total. The van der Waals surface area contributed by atoms with E-state index in [0.29, 0.717) is 11.3 Å². The molecule has 19 heavy (non-hydrogen) atoms. The highest BCUT2D eigenvalue weighted by atomic mass is 32.1. The summed E-state index contributed by atoms with van der Waals surface area (Å²) >= 11 is 1.59. The lowest BCUT2D eigenvalue weighted by Crippen LogP contribution is -2.18. The summed E-state index contributed by atoms with van der Waals surface area (Å²) < 4.78 is 5.32. The van der Waals surface area contributed by atoms with Gasteiger partial charge in [0.25, 0.3) is 5.91 Å². The minimum absolute atomic E-state index is 0.180. The molecule has 0 aliphatic heterocycles. The molecule has 0 fully saturated rings. The highest BCUT2D eigenvalue weighted by Gasteiger charge is 2.13. The zero-order valence-corrected chi connectivity index (χ0v) is 12.0. The first kappa shape index (κ1) is 13.5. The van der Waals surface area contributed by atoms with Gasteiger partial charge in [-0.25, -0.2) is 5.43 Å². The number of carbonyl (C=O) groups is 1. The molecule has 2 aromatic heterocycles. The summed E-state index contributed by atoms with van der Waals surface area (Å²) in [7, 11) is 0. The minimum atomic E-state index is -0.180. The molecule has 5 heteroatoms. The summed E-state index contributed by atoms with van der Waals surface area (Å²) in [5, 5.41) is 5.77. The summed E-state index contributed by atoms with van der Waals surface area (Å²) in [5.74, 6) is 1.25. The van der Waals surface area contributed by atoms with Crippen molar-refractivity contribution in [2.45, 2.75) is 27.2 Å². The van der Waals surface area contributed by atoms with Crippen LogP contribution < -0.4 is 5.43 Å². The number of rotatable bonds is 4. The molecule has 0 bridgehead atoms. The summed E-state index contributed by atoms with van der Waals surface area (Å²) in [6.07, 6.45) is 2.34. The Morgan fingerprint density at radius 2 is 2.26 bits per heavy atom. The second-order valence-corrected chi connectivity index (χ2v) is 5.27. The zero-order chi connectivity index (χ0) is 13.8. The van der Waals surface area contributed by atoms with Gasteiger partial charge in [0.2, 0.25) is 0 Å². The number of nitrogens with one attached hydrogen (secondary N) is 1. The van der Waals surface area contributed by atoms with Crippen molar-refractivity contribution in [1.29, 1.82) is 0 Å². The van der Waals surface area contributed by atoms with Crippen molar-refractivity contribution in [3.63, 3.8) is 0 Å². The van der Waals surface area contributed by atoms with Crippen molar-refractivity contribution < 1.29 is 9.21 Å². The predicted molar refractivity (Wildman–Crippen MR) is 76.9 cm³/mol. The van der Waals surface area contributed by atoms with Crippen LogP contribution in [0.3, 0.4) is 0 Å². The fourth-order valence-corrected chi connectivity index (χ4v) is 2.79. The third-order valence-corrected chi connectivity index (χ3v) is 3.77. The van der Waals surface area contributed by atoms with Gasteiger partial charge >= 0.3 is 0 Å². The third-order valence-electron chi connectivity index (χ3n) is 2.82. The van der Waals surface area contributed by atoms with Crippen molar-refractivity contribution in [2.24, 2.45) is 5.10 Å². The molecule has 0 aliphatic carbocycles. The van der Waals surface area contributed by atoms with Gasteiger partial charge in [0, 0.05) is 10.3 Å². The largest absolute Gasteiger partial charge is 0.460 e. The fourth-order valence-electron chi connectivity index (χ4n) is 1.85. The van der Waals surface area contributed by atoms with E-state index in [1.807, 2.05) is 32.2 Å². The lowest BCUT2D eigenvalue weighted by atomic mass is 10.1. The molecule has 2 heterocycles. The smallest absolute Gasteiger partial charge is 0.272 e. The van der Waals surface area contributed by atoms with Gasteiger partial charge in [-0.1, -0.05) is 6.92 Å². The maximum atomic E-state index is 12.0. The molecular formula is C14H16N2O2S. The van der Waals surface area contributed by atoms with E-state index in [1.54, 1.807) is 17.4 Å². The molecule has 0 aromatic carbocycles. The van der Waals surface area contributed by atoms with E-state index in [9.17, 15) is 4.79 Å². The van der Waals surface area contributed by atoms with Crippen molar-refractivity contribution in [3.05, 3.63) is 45.0 Å². The lowest BCUT2D eigenvalue weighted by molar-refractivity contribution is 0.0954. The number of hydrogen-bond acceptors (Lipinski definition) is 4. The maximum absolute atomic E-state index is 12.0. The van der Waals surface area contributed by atoms with Crippen LogP contribution in [0.2, 0.25) is 0 Å². The topological polar surface area (TPSA) is 54.6 Å². The molecule has 1 amide bonds. The van der Waals surface area contributed by atoms with E-state index in [4.69, 9.17) is 4.42 Å². The molecule has 0 unspecified atom stereocenters. The molecule has 100 valence electrons. The van der Waals surface area contributed by atoms with Gasteiger partial charge in [0.05, 0.1) is 11.8 Å². The van der Waals surface area contributed by atoms with E-state index >= 15 is 0 Å². The van der Waals surface area contributed by atoms with Crippen LogP contribution in [-0.4, -0.2) is 12.1 Å². The number of thiophene rings is 1. The number of amides is 1. The highest BCUT2D eigenvalue weighted by molar-refractivity contribution is 7.10. The average molecular weight is 276 g/mol. The standard InChI is InChI=1S/C14H16N2O2S/c1-4-12-10(3)19-8-13(12)14(17)16-15-7-11-6-5-9(2)18-11/h5-8H,4H2,1-3H3,(H,16,17)/b15-7-. The number of furan rings is 1. The van der Waals surface area contributed by atoms with Gasteiger partial charge in [-0.2, -0.15) is 5.10 Å². The second kappa shape index (κ2) is 5.84. The Bertz CT molecular complexity index is 611. The number of aryl methyl sites for hydroxylation is 2. The third kappa shape index (κ3) is 3.12. The normalized spacial score (nSPS) is 11.1. The van der Waals surface area contributed by atoms with E-state index in [1.165, 1.54) is 11.1 Å². The molecule has 0 atom stereocenters. The summed E-state index contributed by atoms with van der Waals surface area (Å²) in [4.78, 5) is 13.2. The average Bonchev–Trinajstić information content (AvgIpc) is 2.95. The molecule has 0 saturated carbocycles. The Kier molecular flexibility index (Phi) is 4.16. The van der Waals surface area contributed by atoms with Crippen molar-refractivity contribution in [2.75, 3.05) is 0 Å². The first-order valence-electron chi connectivity index (χ1n) is 6.08. The van der Waals surface area contributed by atoms with E-state index in [0.717, 1.165) is 17.7 Å². The molecule has 1 N–H and O–H groups in total. The van der Waals surface area contributed by atoms with Crippen LogP contribution in [0.5, 0.6) is 0 Å². The molecule has 0 radical (unpaired) electrons. The maximum Gasteiger partial charge on any atom is 0.272 e. The first-order valence-corrected chi connectivity index (χ1v) is 6.96. The van der Waals surface area contributed by atoms with Crippen LogP contribution >= 0.6 is 11.3 Å². The number of hydrazone groups is 1. The molecule has 0 aliphatic rings. The van der Waals surface area contributed by atoms with Crippen LogP contribution in [-0.2, 0) is 6.42 Å². The van der Waals surface area contributed by atoms with Crippen LogP contribution in [0, 0.1) is 13.8 Å². The van der Waals surface area contributed by atoms with Crippen molar-refractivity contribution >= 4 is 23.5 Å². The van der Waals surface area contributed by atoms with Crippen LogP contribution in [0.1, 0.15) is 39.2 Å². The predicted octanol–water partition coefficient (Wildman–Crippen LogP) is 3.28. The number of carbonyl (C=O) groups excluding carboxylic acids is 1. The Hall–Kier alpha value is -1.88. The highest BCUT2D eigenvalue weighted by Crippen LogP contribution is 2.22. The quantitative estimate of drug-likeness (QED) is 0.688. The van der Waals surface area contributed by atoms with Crippen LogP contribution in [0.15, 0.2) is 27.0 Å². The van der Waals surface area contributed by atoms with Gasteiger partial charge in [0.1, 0.15) is 11.5 Å². The first-order chi connectivity index (χ1) is 9.11. The van der Waals surface area contributed by atoms with Gasteiger partial charge in [-0.05, 0) is 38.0 Å². The van der Waals surface area contributed by atoms with E-state index < -0.39 is 0 Å². The second-order valence-electron chi connectivity index (χ2n) is 4.19. The lowest BCUT2D eigenvalue weighted by Gasteiger charge is -2.01. The van der Waals surface area contributed by atoms with Gasteiger partial charge in [0.15, 0.2) is 0 Å². The summed E-state index contributed by atoms with van der Waals surface area (Å²) in [6.45, 7) is 5.92. The van der Waals surface area contributed by atoms with Crippen molar-refractivity contribution in [3.8, 4) is 0 Å².